The molecule has 0 aliphatic rings. The highest BCUT2D eigenvalue weighted by Gasteiger charge is 2.06. The monoisotopic (exact) mass is 243 g/mol. The summed E-state index contributed by atoms with van der Waals surface area (Å²) in [6.45, 7) is 3.96. The van der Waals surface area contributed by atoms with Crippen LogP contribution < -0.4 is 4.74 Å². The second-order valence-corrected chi connectivity index (χ2v) is 4.11. The lowest BCUT2D eigenvalue weighted by Crippen LogP contribution is -1.99. The van der Waals surface area contributed by atoms with Crippen molar-refractivity contribution in [2.24, 2.45) is 0 Å². The summed E-state index contributed by atoms with van der Waals surface area (Å²) in [5.41, 5.74) is 2.16. The van der Waals surface area contributed by atoms with Gasteiger partial charge in [0.25, 0.3) is 0 Å². The normalized spacial score (nSPS) is 10.1. The number of aromatic carboxylic acids is 1. The number of benzene rings is 1. The molecule has 1 heterocycles. The summed E-state index contributed by atoms with van der Waals surface area (Å²) in [6, 6.07) is 8.87. The van der Waals surface area contributed by atoms with Crippen LogP contribution in [0, 0.1) is 13.8 Å². The summed E-state index contributed by atoms with van der Waals surface area (Å²) < 4.78 is 5.63. The number of hydrogen-bond acceptors (Lipinski definition) is 3. The van der Waals surface area contributed by atoms with Crippen LogP contribution in [-0.2, 0) is 0 Å². The van der Waals surface area contributed by atoms with Crippen molar-refractivity contribution in [3.05, 3.63) is 53.3 Å². The van der Waals surface area contributed by atoms with Gasteiger partial charge >= 0.3 is 5.97 Å². The van der Waals surface area contributed by atoms with E-state index in [9.17, 15) is 4.79 Å². The van der Waals surface area contributed by atoms with Crippen molar-refractivity contribution in [1.82, 2.24) is 4.98 Å². The molecule has 0 aliphatic carbocycles. The second kappa shape index (κ2) is 4.87. The third kappa shape index (κ3) is 2.85. The molecule has 1 N–H and O–H groups in total. The average Bonchev–Trinajstić information content (AvgIpc) is 2.27. The van der Waals surface area contributed by atoms with Gasteiger partial charge in [0.2, 0.25) is 0 Å². The minimum Gasteiger partial charge on any atom is -0.477 e. The molecule has 0 saturated heterocycles. The number of aryl methyl sites for hydroxylation is 2. The first-order chi connectivity index (χ1) is 8.54. The maximum atomic E-state index is 10.8. The van der Waals surface area contributed by atoms with Gasteiger partial charge in [0.1, 0.15) is 11.5 Å². The van der Waals surface area contributed by atoms with Crippen molar-refractivity contribution in [2.75, 3.05) is 0 Å². The Labute approximate surface area is 105 Å². The Bertz CT molecular complexity index is 573. The highest BCUT2D eigenvalue weighted by Crippen LogP contribution is 2.23. The lowest BCUT2D eigenvalue weighted by Gasteiger charge is -2.08. The zero-order chi connectivity index (χ0) is 13.1. The second-order valence-electron chi connectivity index (χ2n) is 4.11. The van der Waals surface area contributed by atoms with Crippen LogP contribution in [0.15, 0.2) is 36.5 Å². The molecule has 0 radical (unpaired) electrons. The summed E-state index contributed by atoms with van der Waals surface area (Å²) in [6.07, 6.45) is 1.42. The van der Waals surface area contributed by atoms with E-state index in [2.05, 4.69) is 4.98 Å². The van der Waals surface area contributed by atoms with Gasteiger partial charge in [-0.1, -0.05) is 6.07 Å². The van der Waals surface area contributed by atoms with Crippen LogP contribution >= 0.6 is 0 Å². The van der Waals surface area contributed by atoms with E-state index < -0.39 is 5.97 Å². The Balaban J connectivity index is 2.28. The van der Waals surface area contributed by atoms with E-state index in [1.54, 1.807) is 6.07 Å². The van der Waals surface area contributed by atoms with Gasteiger partial charge in [0.05, 0.1) is 0 Å². The zero-order valence-electron chi connectivity index (χ0n) is 10.2. The molecule has 2 aromatic rings. The quantitative estimate of drug-likeness (QED) is 0.899. The number of carboxylic acids is 1. The van der Waals surface area contributed by atoms with E-state index in [1.807, 2.05) is 32.0 Å². The molecule has 0 saturated carbocycles. The molecule has 0 aliphatic heterocycles. The first kappa shape index (κ1) is 12.1. The fourth-order valence-corrected chi connectivity index (χ4v) is 1.72. The number of pyridine rings is 1. The minimum atomic E-state index is -1.07. The van der Waals surface area contributed by atoms with Gasteiger partial charge in [-0.25, -0.2) is 9.78 Å². The van der Waals surface area contributed by atoms with Crippen molar-refractivity contribution in [3.8, 4) is 11.5 Å². The van der Waals surface area contributed by atoms with E-state index >= 15 is 0 Å². The molecule has 92 valence electrons. The molecule has 0 amide bonds. The molecule has 2 rings (SSSR count). The summed E-state index contributed by atoms with van der Waals surface area (Å²) in [5.74, 6) is 0.0864. The highest BCUT2D eigenvalue weighted by molar-refractivity contribution is 5.85. The van der Waals surface area contributed by atoms with Crippen LogP contribution in [0.5, 0.6) is 11.5 Å². The highest BCUT2D eigenvalue weighted by atomic mass is 16.5. The number of carboxylic acid groups (broad SMARTS) is 1. The van der Waals surface area contributed by atoms with Gasteiger partial charge < -0.3 is 9.84 Å². The van der Waals surface area contributed by atoms with Crippen LogP contribution in [0.2, 0.25) is 0 Å². The van der Waals surface area contributed by atoms with Crippen LogP contribution in [-0.4, -0.2) is 16.1 Å². The van der Waals surface area contributed by atoms with Crippen LogP contribution in [0.3, 0.4) is 0 Å². The molecule has 0 bridgehead atoms. The molecule has 1 aromatic carbocycles. The molecule has 0 spiro atoms. The lowest BCUT2D eigenvalue weighted by molar-refractivity contribution is 0.0690. The SMILES string of the molecule is Cc1cc(C)cc(Oc2ccnc(C(=O)O)c2)c1. The average molecular weight is 243 g/mol. The summed E-state index contributed by atoms with van der Waals surface area (Å²) in [7, 11) is 0. The van der Waals surface area contributed by atoms with E-state index in [0.29, 0.717) is 11.5 Å². The third-order valence-corrected chi connectivity index (χ3v) is 2.38. The van der Waals surface area contributed by atoms with Crippen molar-refractivity contribution >= 4 is 5.97 Å². The summed E-state index contributed by atoms with van der Waals surface area (Å²) >= 11 is 0. The van der Waals surface area contributed by atoms with Crippen molar-refractivity contribution in [2.45, 2.75) is 13.8 Å². The van der Waals surface area contributed by atoms with Crippen LogP contribution in [0.4, 0.5) is 0 Å². The Kier molecular flexibility index (Phi) is 3.28. The van der Waals surface area contributed by atoms with Crippen molar-refractivity contribution < 1.29 is 14.6 Å². The third-order valence-electron chi connectivity index (χ3n) is 2.38. The molecule has 0 fully saturated rings. The topological polar surface area (TPSA) is 59.4 Å². The van der Waals surface area contributed by atoms with Gasteiger partial charge in [-0.15, -0.1) is 0 Å². The standard InChI is InChI=1S/C14H13NO3/c1-9-5-10(2)7-12(6-9)18-11-3-4-15-13(8-11)14(16)17/h3-8H,1-2H3,(H,16,17). The molecule has 0 atom stereocenters. The number of hydrogen-bond donors (Lipinski definition) is 1. The molecule has 18 heavy (non-hydrogen) atoms. The first-order valence-electron chi connectivity index (χ1n) is 5.50. The predicted molar refractivity (Wildman–Crippen MR) is 67.2 cm³/mol. The maximum absolute atomic E-state index is 10.8. The van der Waals surface area contributed by atoms with Gasteiger partial charge in [-0.2, -0.15) is 0 Å². The largest absolute Gasteiger partial charge is 0.477 e. The molecule has 4 heteroatoms. The number of ether oxygens (including phenoxy) is 1. The Hall–Kier alpha value is -2.36. The Morgan fingerprint density at radius 3 is 2.39 bits per heavy atom. The smallest absolute Gasteiger partial charge is 0.354 e. The maximum Gasteiger partial charge on any atom is 0.354 e. The van der Waals surface area contributed by atoms with Crippen molar-refractivity contribution in [1.29, 1.82) is 0 Å². The molecule has 4 nitrogen and oxygen atoms in total. The fraction of sp³-hybridized carbons (Fsp3) is 0.143. The lowest BCUT2D eigenvalue weighted by atomic mass is 10.1. The molecular weight excluding hydrogens is 230 g/mol. The van der Waals surface area contributed by atoms with Gasteiger partial charge in [-0.05, 0) is 43.2 Å². The number of nitrogens with zero attached hydrogens (tertiary/aromatic N) is 1. The minimum absolute atomic E-state index is 0.0307. The van der Waals surface area contributed by atoms with E-state index in [0.717, 1.165) is 11.1 Å². The van der Waals surface area contributed by atoms with E-state index in [4.69, 9.17) is 9.84 Å². The first-order valence-corrected chi connectivity index (χ1v) is 5.50. The zero-order valence-corrected chi connectivity index (χ0v) is 10.2. The Morgan fingerprint density at radius 2 is 1.78 bits per heavy atom. The van der Waals surface area contributed by atoms with E-state index in [1.165, 1.54) is 12.3 Å². The number of rotatable bonds is 3. The van der Waals surface area contributed by atoms with Gasteiger partial charge in [0, 0.05) is 12.3 Å². The van der Waals surface area contributed by atoms with Gasteiger partial charge in [0.15, 0.2) is 5.69 Å². The van der Waals surface area contributed by atoms with Crippen LogP contribution in [0.1, 0.15) is 21.6 Å². The number of aromatic nitrogens is 1. The van der Waals surface area contributed by atoms with Crippen molar-refractivity contribution in [3.63, 3.8) is 0 Å². The predicted octanol–water partition coefficient (Wildman–Crippen LogP) is 3.19. The fourth-order valence-electron chi connectivity index (χ4n) is 1.72. The number of carbonyl (C=O) groups is 1. The van der Waals surface area contributed by atoms with Gasteiger partial charge in [-0.3, -0.25) is 0 Å². The Morgan fingerprint density at radius 1 is 1.11 bits per heavy atom. The summed E-state index contributed by atoms with van der Waals surface area (Å²) in [5, 5.41) is 8.85. The molecule has 1 aromatic heterocycles. The molecule has 0 unspecified atom stereocenters. The summed E-state index contributed by atoms with van der Waals surface area (Å²) in [4.78, 5) is 14.5. The van der Waals surface area contributed by atoms with Crippen LogP contribution in [0.25, 0.3) is 0 Å². The molecular formula is C14H13NO3. The van der Waals surface area contributed by atoms with E-state index in [-0.39, 0.29) is 5.69 Å².